The van der Waals surface area contributed by atoms with Crippen molar-refractivity contribution in [2.45, 2.75) is 6.92 Å². The number of carbonyl (C=O) groups excluding carboxylic acids is 1. The van der Waals surface area contributed by atoms with E-state index in [2.05, 4.69) is 21.2 Å². The molecule has 0 fully saturated rings. The van der Waals surface area contributed by atoms with Crippen LogP contribution in [0, 0.1) is 6.92 Å². The lowest BCUT2D eigenvalue weighted by molar-refractivity contribution is 0.0953. The molecule has 76 valence electrons. The monoisotopic (exact) mass is 257 g/mol. The Morgan fingerprint density at radius 3 is 2.93 bits per heavy atom. The van der Waals surface area contributed by atoms with Gasteiger partial charge in [0.1, 0.15) is 5.75 Å². The van der Waals surface area contributed by atoms with Gasteiger partial charge in [-0.1, -0.05) is 27.6 Å². The summed E-state index contributed by atoms with van der Waals surface area (Å²) in [6.07, 6.45) is 0. The standard InChI is InChI=1S/C10H12BrNO2/c1-7-2-3-9(13)8(6-7)10(14)12-5-4-11/h2-3,6,13H,4-5H2,1H3,(H,12,14). The van der Waals surface area contributed by atoms with E-state index in [0.29, 0.717) is 17.4 Å². The molecule has 0 aliphatic heterocycles. The number of rotatable bonds is 3. The van der Waals surface area contributed by atoms with Crippen LogP contribution in [0.1, 0.15) is 15.9 Å². The first-order valence-electron chi connectivity index (χ1n) is 4.29. The van der Waals surface area contributed by atoms with Crippen LogP contribution in [0.5, 0.6) is 5.75 Å². The topological polar surface area (TPSA) is 49.3 Å². The third kappa shape index (κ3) is 2.73. The highest BCUT2D eigenvalue weighted by Gasteiger charge is 2.09. The van der Waals surface area contributed by atoms with Crippen LogP contribution in [-0.2, 0) is 0 Å². The van der Waals surface area contributed by atoms with Gasteiger partial charge in [-0.3, -0.25) is 4.79 Å². The molecule has 0 aliphatic rings. The second-order valence-electron chi connectivity index (χ2n) is 2.97. The maximum Gasteiger partial charge on any atom is 0.255 e. The van der Waals surface area contributed by atoms with E-state index >= 15 is 0 Å². The molecule has 0 bridgehead atoms. The number of aryl methyl sites for hydroxylation is 1. The molecule has 0 unspecified atom stereocenters. The Hall–Kier alpha value is -1.03. The van der Waals surface area contributed by atoms with Crippen molar-refractivity contribution in [3.05, 3.63) is 29.3 Å². The van der Waals surface area contributed by atoms with Crippen molar-refractivity contribution in [3.63, 3.8) is 0 Å². The molecule has 0 atom stereocenters. The minimum atomic E-state index is -0.245. The van der Waals surface area contributed by atoms with Gasteiger partial charge >= 0.3 is 0 Å². The van der Waals surface area contributed by atoms with E-state index in [0.717, 1.165) is 5.56 Å². The number of halogens is 1. The highest BCUT2D eigenvalue weighted by molar-refractivity contribution is 9.09. The van der Waals surface area contributed by atoms with Gasteiger partial charge < -0.3 is 10.4 Å². The summed E-state index contributed by atoms with van der Waals surface area (Å²) in [6, 6.07) is 4.95. The van der Waals surface area contributed by atoms with Crippen LogP contribution in [0.3, 0.4) is 0 Å². The molecular formula is C10H12BrNO2. The fourth-order valence-corrected chi connectivity index (χ4v) is 1.29. The zero-order valence-corrected chi connectivity index (χ0v) is 9.47. The first-order chi connectivity index (χ1) is 6.65. The van der Waals surface area contributed by atoms with Gasteiger partial charge in [-0.25, -0.2) is 0 Å². The Bertz CT molecular complexity index is 339. The number of nitrogens with one attached hydrogen (secondary N) is 1. The minimum Gasteiger partial charge on any atom is -0.507 e. The third-order valence-corrected chi connectivity index (χ3v) is 2.17. The molecule has 2 N–H and O–H groups in total. The fourth-order valence-electron chi connectivity index (χ4n) is 1.09. The maximum absolute atomic E-state index is 11.5. The lowest BCUT2D eigenvalue weighted by atomic mass is 10.1. The van der Waals surface area contributed by atoms with Crippen LogP contribution >= 0.6 is 15.9 Å². The molecule has 4 heteroatoms. The van der Waals surface area contributed by atoms with Crippen molar-refractivity contribution in [1.82, 2.24) is 5.32 Å². The fraction of sp³-hybridized carbons (Fsp3) is 0.300. The molecule has 0 saturated carbocycles. The number of benzene rings is 1. The Kier molecular flexibility index (Phi) is 3.95. The molecule has 1 rings (SSSR count). The van der Waals surface area contributed by atoms with E-state index in [9.17, 15) is 9.90 Å². The normalized spacial score (nSPS) is 9.86. The van der Waals surface area contributed by atoms with Crippen LogP contribution in [0.4, 0.5) is 0 Å². The summed E-state index contributed by atoms with van der Waals surface area (Å²) in [6.45, 7) is 2.42. The molecule has 0 radical (unpaired) electrons. The quantitative estimate of drug-likeness (QED) is 0.812. The molecule has 3 nitrogen and oxygen atoms in total. The van der Waals surface area contributed by atoms with Crippen molar-refractivity contribution in [1.29, 1.82) is 0 Å². The second kappa shape index (κ2) is 5.00. The molecule has 0 heterocycles. The SMILES string of the molecule is Cc1ccc(O)c(C(=O)NCCBr)c1. The molecule has 0 spiro atoms. The number of amides is 1. The molecule has 1 aromatic rings. The van der Waals surface area contributed by atoms with Crippen molar-refractivity contribution in [2.75, 3.05) is 11.9 Å². The van der Waals surface area contributed by atoms with Gasteiger partial charge in [0.2, 0.25) is 0 Å². The van der Waals surface area contributed by atoms with Crippen LogP contribution in [0.15, 0.2) is 18.2 Å². The van der Waals surface area contributed by atoms with Crippen LogP contribution in [-0.4, -0.2) is 22.9 Å². The average Bonchev–Trinajstić information content (AvgIpc) is 2.18. The highest BCUT2D eigenvalue weighted by atomic mass is 79.9. The Labute approximate surface area is 91.3 Å². The molecular weight excluding hydrogens is 246 g/mol. The third-order valence-electron chi connectivity index (χ3n) is 1.78. The summed E-state index contributed by atoms with van der Waals surface area (Å²) < 4.78 is 0. The van der Waals surface area contributed by atoms with E-state index in [1.54, 1.807) is 12.1 Å². The van der Waals surface area contributed by atoms with Gasteiger partial charge in [0.05, 0.1) is 5.56 Å². The Morgan fingerprint density at radius 1 is 1.57 bits per heavy atom. The summed E-state index contributed by atoms with van der Waals surface area (Å²) >= 11 is 3.21. The molecule has 0 aliphatic carbocycles. The smallest absolute Gasteiger partial charge is 0.255 e. The van der Waals surface area contributed by atoms with Gasteiger partial charge in [-0.05, 0) is 19.1 Å². The molecule has 0 aromatic heterocycles. The predicted octanol–water partition coefficient (Wildman–Crippen LogP) is 1.83. The van der Waals surface area contributed by atoms with E-state index in [1.165, 1.54) is 6.07 Å². The lowest BCUT2D eigenvalue weighted by Crippen LogP contribution is -2.25. The first-order valence-corrected chi connectivity index (χ1v) is 5.41. The maximum atomic E-state index is 11.5. The predicted molar refractivity (Wildman–Crippen MR) is 59.0 cm³/mol. The van der Waals surface area contributed by atoms with E-state index in [4.69, 9.17) is 0 Å². The largest absolute Gasteiger partial charge is 0.507 e. The lowest BCUT2D eigenvalue weighted by Gasteiger charge is -2.05. The van der Waals surface area contributed by atoms with E-state index < -0.39 is 0 Å². The highest BCUT2D eigenvalue weighted by Crippen LogP contribution is 2.17. The molecule has 1 aromatic carbocycles. The number of hydrogen-bond acceptors (Lipinski definition) is 2. The zero-order chi connectivity index (χ0) is 10.6. The number of phenols is 1. The Morgan fingerprint density at radius 2 is 2.29 bits per heavy atom. The summed E-state index contributed by atoms with van der Waals surface area (Å²) in [5.41, 5.74) is 1.28. The van der Waals surface area contributed by atoms with Crippen LogP contribution < -0.4 is 5.32 Å². The summed E-state index contributed by atoms with van der Waals surface area (Å²) in [4.78, 5) is 11.5. The van der Waals surface area contributed by atoms with E-state index in [-0.39, 0.29) is 11.7 Å². The zero-order valence-electron chi connectivity index (χ0n) is 7.88. The summed E-state index contributed by atoms with van der Waals surface area (Å²) in [5.74, 6) is -0.228. The van der Waals surface area contributed by atoms with Crippen LogP contribution in [0.25, 0.3) is 0 Å². The van der Waals surface area contributed by atoms with Crippen molar-refractivity contribution in [3.8, 4) is 5.75 Å². The van der Waals surface area contributed by atoms with Crippen molar-refractivity contribution >= 4 is 21.8 Å². The minimum absolute atomic E-state index is 0.0164. The van der Waals surface area contributed by atoms with Gasteiger partial charge in [0.25, 0.3) is 5.91 Å². The number of hydrogen-bond donors (Lipinski definition) is 2. The van der Waals surface area contributed by atoms with Gasteiger partial charge in [0.15, 0.2) is 0 Å². The van der Waals surface area contributed by atoms with Gasteiger partial charge in [0, 0.05) is 11.9 Å². The van der Waals surface area contributed by atoms with Crippen molar-refractivity contribution in [2.24, 2.45) is 0 Å². The summed E-state index contributed by atoms with van der Waals surface area (Å²) in [7, 11) is 0. The Balaban J connectivity index is 2.83. The molecule has 14 heavy (non-hydrogen) atoms. The van der Waals surface area contributed by atoms with Crippen LogP contribution in [0.2, 0.25) is 0 Å². The molecule has 1 amide bonds. The number of aromatic hydroxyl groups is 1. The number of alkyl halides is 1. The van der Waals surface area contributed by atoms with E-state index in [1.807, 2.05) is 6.92 Å². The molecule has 0 saturated heterocycles. The number of phenolic OH excluding ortho intramolecular Hbond substituents is 1. The average molecular weight is 258 g/mol. The van der Waals surface area contributed by atoms with Crippen molar-refractivity contribution < 1.29 is 9.90 Å². The number of carbonyl (C=O) groups is 1. The van der Waals surface area contributed by atoms with Gasteiger partial charge in [-0.15, -0.1) is 0 Å². The second-order valence-corrected chi connectivity index (χ2v) is 3.76. The summed E-state index contributed by atoms with van der Waals surface area (Å²) in [5, 5.41) is 12.8. The van der Waals surface area contributed by atoms with Gasteiger partial charge in [-0.2, -0.15) is 0 Å². The first kappa shape index (κ1) is 11.0.